The summed E-state index contributed by atoms with van der Waals surface area (Å²) >= 11 is 0. The molecule has 0 spiro atoms. The van der Waals surface area contributed by atoms with Gasteiger partial charge in [-0.15, -0.1) is 0 Å². The third kappa shape index (κ3) is 5.44. The molecule has 0 saturated heterocycles. The Morgan fingerprint density at radius 1 is 1.36 bits per heavy atom. The van der Waals surface area contributed by atoms with Gasteiger partial charge in [-0.25, -0.2) is 0 Å². The largest absolute Gasteiger partial charge is 0.361 e. The molecule has 0 atom stereocenters. The van der Waals surface area contributed by atoms with Crippen molar-refractivity contribution in [2.24, 2.45) is 11.8 Å². The average molecular weight is 194 g/mol. The van der Waals surface area contributed by atoms with Crippen LogP contribution in [0.15, 0.2) is 11.6 Å². The zero-order chi connectivity index (χ0) is 11.1. The fraction of sp³-hybridized carbons (Fsp3) is 0.636. The van der Waals surface area contributed by atoms with Gasteiger partial charge in [-0.1, -0.05) is 33.8 Å². The van der Waals surface area contributed by atoms with E-state index < -0.39 is 0 Å². The molecule has 0 radical (unpaired) electrons. The molecule has 0 aromatic rings. The highest BCUT2D eigenvalue weighted by Gasteiger charge is 2.12. The lowest BCUT2D eigenvalue weighted by atomic mass is 9.97. The number of carbonyl (C=O) groups excluding carboxylic acids is 1. The monoisotopic (exact) mass is 194 g/mol. The quantitative estimate of drug-likeness (QED) is 0.287. The van der Waals surface area contributed by atoms with Gasteiger partial charge in [0.2, 0.25) is 0 Å². The van der Waals surface area contributed by atoms with Crippen LogP contribution in [0.4, 0.5) is 0 Å². The summed E-state index contributed by atoms with van der Waals surface area (Å²) in [4.78, 5) is 14.2. The Morgan fingerprint density at radius 2 is 1.93 bits per heavy atom. The van der Waals surface area contributed by atoms with Gasteiger partial charge >= 0.3 is 6.21 Å². The Morgan fingerprint density at radius 3 is 2.29 bits per heavy atom. The van der Waals surface area contributed by atoms with Crippen molar-refractivity contribution in [3.63, 3.8) is 0 Å². The maximum absolute atomic E-state index is 11.4. The highest BCUT2D eigenvalue weighted by Crippen LogP contribution is 2.13. The van der Waals surface area contributed by atoms with E-state index in [0.717, 1.165) is 18.2 Å². The van der Waals surface area contributed by atoms with Gasteiger partial charge in [0.25, 0.3) is 5.78 Å². The number of hydrogen-bond donors (Lipinski definition) is 0. The molecular formula is C11H18N2O. The predicted molar refractivity (Wildman–Crippen MR) is 57.1 cm³/mol. The minimum absolute atomic E-state index is 0.199. The summed E-state index contributed by atoms with van der Waals surface area (Å²) in [6.07, 6.45) is 3.60. The summed E-state index contributed by atoms with van der Waals surface area (Å²) in [6.45, 7) is 8.14. The number of Topliss-reactive ketones (excluding diaryl/α,β-unsaturated/α-hetero) is 1. The first kappa shape index (κ1) is 12.8. The van der Waals surface area contributed by atoms with Crippen molar-refractivity contribution in [1.82, 2.24) is 0 Å². The molecule has 0 unspecified atom stereocenters. The number of rotatable bonds is 5. The van der Waals surface area contributed by atoms with E-state index in [2.05, 4.69) is 18.6 Å². The van der Waals surface area contributed by atoms with Crippen LogP contribution in [0.3, 0.4) is 0 Å². The molecule has 0 aromatic carbocycles. The van der Waals surface area contributed by atoms with Crippen molar-refractivity contribution in [3.05, 3.63) is 17.2 Å². The maximum Gasteiger partial charge on any atom is 0.327 e. The van der Waals surface area contributed by atoms with Gasteiger partial charge in [0, 0.05) is 5.57 Å². The zero-order valence-electron chi connectivity index (χ0n) is 9.32. The molecule has 0 aliphatic heterocycles. The summed E-state index contributed by atoms with van der Waals surface area (Å²) in [7, 11) is 0. The molecular weight excluding hydrogens is 176 g/mol. The van der Waals surface area contributed by atoms with Crippen molar-refractivity contribution in [1.29, 1.82) is 0 Å². The van der Waals surface area contributed by atoms with E-state index in [-0.39, 0.29) is 5.78 Å². The van der Waals surface area contributed by atoms with Crippen LogP contribution in [0.5, 0.6) is 0 Å². The van der Waals surface area contributed by atoms with E-state index in [9.17, 15) is 4.79 Å². The molecule has 0 saturated carbocycles. The molecule has 0 aromatic heterocycles. The summed E-state index contributed by atoms with van der Waals surface area (Å²) in [5, 5.41) is 0. The van der Waals surface area contributed by atoms with E-state index in [4.69, 9.17) is 5.53 Å². The molecule has 0 bridgehead atoms. The van der Waals surface area contributed by atoms with Crippen LogP contribution in [0.2, 0.25) is 0 Å². The van der Waals surface area contributed by atoms with Gasteiger partial charge in [0.05, 0.1) is 0 Å². The van der Waals surface area contributed by atoms with Crippen LogP contribution >= 0.6 is 0 Å². The standard InChI is InChI=1S/C11H18N2O/c1-8(2)5-10(6-9(3)4)11(14)7-13-12/h5,7-9H,6H2,1-4H3/b10-5-. The lowest BCUT2D eigenvalue weighted by Crippen LogP contribution is -2.08. The molecule has 0 heterocycles. The van der Waals surface area contributed by atoms with E-state index >= 15 is 0 Å². The van der Waals surface area contributed by atoms with Crippen LogP contribution in [-0.4, -0.2) is 16.8 Å². The molecule has 0 N–H and O–H groups in total. The van der Waals surface area contributed by atoms with Gasteiger partial charge in [0.15, 0.2) is 0 Å². The van der Waals surface area contributed by atoms with Crippen molar-refractivity contribution in [3.8, 4) is 0 Å². The number of allylic oxidation sites excluding steroid dienone is 2. The molecule has 0 aliphatic carbocycles. The number of carbonyl (C=O) groups is 1. The Balaban J connectivity index is 4.72. The summed E-state index contributed by atoms with van der Waals surface area (Å²) in [5.41, 5.74) is 9.00. The Kier molecular flexibility index (Phi) is 5.73. The summed E-state index contributed by atoms with van der Waals surface area (Å²) < 4.78 is 0. The van der Waals surface area contributed by atoms with Gasteiger partial charge in [-0.3, -0.25) is 4.79 Å². The van der Waals surface area contributed by atoms with Gasteiger partial charge < -0.3 is 5.53 Å². The number of ketones is 1. The molecule has 0 aliphatic rings. The second-order valence-corrected chi connectivity index (χ2v) is 4.14. The van der Waals surface area contributed by atoms with E-state index in [0.29, 0.717) is 11.8 Å². The van der Waals surface area contributed by atoms with Gasteiger partial charge in [0.1, 0.15) is 0 Å². The smallest absolute Gasteiger partial charge is 0.327 e. The Bertz CT molecular complexity index is 271. The topological polar surface area (TPSA) is 53.5 Å². The van der Waals surface area contributed by atoms with Gasteiger partial charge in [-0.05, 0) is 18.3 Å². The first-order chi connectivity index (χ1) is 6.47. The third-order valence-electron chi connectivity index (χ3n) is 1.65. The second kappa shape index (κ2) is 6.28. The molecule has 0 amide bonds. The van der Waals surface area contributed by atoms with Crippen molar-refractivity contribution in [2.45, 2.75) is 34.1 Å². The van der Waals surface area contributed by atoms with Crippen LogP contribution in [0.25, 0.3) is 5.53 Å². The van der Waals surface area contributed by atoms with Crippen LogP contribution in [-0.2, 0) is 4.79 Å². The van der Waals surface area contributed by atoms with Crippen LogP contribution in [0.1, 0.15) is 34.1 Å². The third-order valence-corrected chi connectivity index (χ3v) is 1.65. The van der Waals surface area contributed by atoms with Crippen molar-refractivity contribution in [2.75, 3.05) is 0 Å². The number of hydrogen-bond acceptors (Lipinski definition) is 1. The maximum atomic E-state index is 11.4. The molecule has 78 valence electrons. The Labute approximate surface area is 85.4 Å². The first-order valence-electron chi connectivity index (χ1n) is 4.89. The lowest BCUT2D eigenvalue weighted by molar-refractivity contribution is -0.113. The van der Waals surface area contributed by atoms with Crippen molar-refractivity contribution >= 4 is 12.0 Å². The van der Waals surface area contributed by atoms with E-state index in [1.54, 1.807) is 0 Å². The summed E-state index contributed by atoms with van der Waals surface area (Å²) in [6, 6.07) is 0. The predicted octanol–water partition coefficient (Wildman–Crippen LogP) is 2.48. The van der Waals surface area contributed by atoms with Crippen LogP contribution < -0.4 is 0 Å². The minimum atomic E-state index is -0.199. The fourth-order valence-corrected chi connectivity index (χ4v) is 1.23. The zero-order valence-corrected chi connectivity index (χ0v) is 9.32. The van der Waals surface area contributed by atoms with Crippen molar-refractivity contribution < 1.29 is 9.58 Å². The fourth-order valence-electron chi connectivity index (χ4n) is 1.23. The van der Waals surface area contributed by atoms with Crippen LogP contribution in [0, 0.1) is 11.8 Å². The minimum Gasteiger partial charge on any atom is -0.361 e. The summed E-state index contributed by atoms with van der Waals surface area (Å²) in [5.74, 6) is 0.561. The Hall–Kier alpha value is -1.21. The lowest BCUT2D eigenvalue weighted by Gasteiger charge is -2.06. The van der Waals surface area contributed by atoms with E-state index in [1.807, 2.05) is 19.9 Å². The molecule has 14 heavy (non-hydrogen) atoms. The highest BCUT2D eigenvalue weighted by molar-refractivity contribution is 6.33. The number of nitrogens with zero attached hydrogens (tertiary/aromatic N) is 2. The van der Waals surface area contributed by atoms with E-state index in [1.165, 1.54) is 0 Å². The molecule has 0 rings (SSSR count). The van der Waals surface area contributed by atoms with Gasteiger partial charge in [-0.2, -0.15) is 4.79 Å². The molecule has 0 fully saturated rings. The normalized spacial score (nSPS) is 11.7. The molecule has 3 nitrogen and oxygen atoms in total. The highest BCUT2D eigenvalue weighted by atomic mass is 16.1. The SMILES string of the molecule is CC(C)/C=C(/CC(C)C)C(=O)C=[N+]=[N-]. The average Bonchev–Trinajstić information content (AvgIpc) is 2.01. The first-order valence-corrected chi connectivity index (χ1v) is 4.89. The second-order valence-electron chi connectivity index (χ2n) is 4.14. The molecule has 3 heteroatoms.